The summed E-state index contributed by atoms with van der Waals surface area (Å²) in [6.07, 6.45) is 5.69. The Hall–Kier alpha value is -2.21. The molecule has 0 unspecified atom stereocenters. The maximum absolute atomic E-state index is 13.4. The van der Waals surface area contributed by atoms with Gasteiger partial charge in [-0.25, -0.2) is 13.2 Å². The van der Waals surface area contributed by atoms with E-state index in [0.717, 1.165) is 36.2 Å². The molecule has 178 valence electrons. The topological polar surface area (TPSA) is 93.2 Å². The zero-order chi connectivity index (χ0) is 23.6. The summed E-state index contributed by atoms with van der Waals surface area (Å²) >= 11 is 2.55. The number of rotatable bonds is 6. The van der Waals surface area contributed by atoms with Gasteiger partial charge in [0.1, 0.15) is 5.56 Å². The molecule has 0 aliphatic carbocycles. The van der Waals surface area contributed by atoms with Crippen LogP contribution in [0.25, 0.3) is 6.08 Å². The van der Waals surface area contributed by atoms with E-state index in [1.165, 1.54) is 23.9 Å². The molecule has 33 heavy (non-hydrogen) atoms. The molecule has 4 heterocycles. The number of methoxy groups -OCH3 is 2. The molecule has 2 saturated heterocycles. The van der Waals surface area contributed by atoms with Crippen LogP contribution in [0.2, 0.25) is 0 Å². The van der Waals surface area contributed by atoms with Gasteiger partial charge in [-0.15, -0.1) is 11.3 Å². The molecule has 0 saturated carbocycles. The third-order valence-electron chi connectivity index (χ3n) is 6.40. The second-order valence-corrected chi connectivity index (χ2v) is 12.1. The highest BCUT2D eigenvalue weighted by atomic mass is 32.2. The summed E-state index contributed by atoms with van der Waals surface area (Å²) in [5.41, 5.74) is 0.981. The zero-order valence-corrected chi connectivity index (χ0v) is 20.9. The van der Waals surface area contributed by atoms with Crippen LogP contribution in [-0.2, 0) is 19.6 Å². The van der Waals surface area contributed by atoms with Gasteiger partial charge in [0, 0.05) is 37.6 Å². The van der Waals surface area contributed by atoms with E-state index in [4.69, 9.17) is 9.47 Å². The summed E-state index contributed by atoms with van der Waals surface area (Å²) in [5, 5.41) is 5.41. The van der Waals surface area contributed by atoms with Crippen molar-refractivity contribution in [1.29, 1.82) is 0 Å². The van der Waals surface area contributed by atoms with Crippen molar-refractivity contribution in [3.63, 3.8) is 0 Å². The quantitative estimate of drug-likeness (QED) is 0.437. The highest BCUT2D eigenvalue weighted by Crippen LogP contribution is 2.44. The van der Waals surface area contributed by atoms with E-state index in [2.05, 4.69) is 0 Å². The average Bonchev–Trinajstić information content (AvgIpc) is 3.57. The first-order chi connectivity index (χ1) is 15.8. The molecule has 8 nitrogen and oxygen atoms in total. The third-order valence-corrected chi connectivity index (χ3v) is 10.4. The molecule has 0 bridgehead atoms. The molecule has 2 aromatic heterocycles. The highest BCUT2D eigenvalue weighted by molar-refractivity contribution is 7.91. The van der Waals surface area contributed by atoms with Gasteiger partial charge in [0.05, 0.1) is 14.2 Å². The van der Waals surface area contributed by atoms with Crippen LogP contribution in [0.5, 0.6) is 5.75 Å². The fourth-order valence-corrected chi connectivity index (χ4v) is 8.16. The van der Waals surface area contributed by atoms with Crippen molar-refractivity contribution in [3.8, 4) is 5.75 Å². The van der Waals surface area contributed by atoms with E-state index >= 15 is 0 Å². The number of carbonyl (C=O) groups excluding carboxylic acids is 2. The number of likely N-dealkylation sites (tertiary alicyclic amines) is 1. The fourth-order valence-electron chi connectivity index (χ4n) is 4.42. The van der Waals surface area contributed by atoms with Crippen molar-refractivity contribution in [3.05, 3.63) is 39.4 Å². The first-order valence-corrected chi connectivity index (χ1v) is 13.8. The summed E-state index contributed by atoms with van der Waals surface area (Å²) in [6.45, 7) is 2.02. The van der Waals surface area contributed by atoms with Crippen LogP contribution in [0, 0.1) is 5.41 Å². The van der Waals surface area contributed by atoms with Gasteiger partial charge in [0.15, 0.2) is 9.96 Å². The largest absolute Gasteiger partial charge is 0.494 e. The normalized spacial score (nSPS) is 18.8. The monoisotopic (exact) mass is 510 g/mol. The maximum Gasteiger partial charge on any atom is 0.342 e. The van der Waals surface area contributed by atoms with E-state index < -0.39 is 16.0 Å². The molecule has 0 radical (unpaired) electrons. The molecule has 4 rings (SSSR count). The molecule has 2 fully saturated rings. The van der Waals surface area contributed by atoms with Crippen LogP contribution in [0.15, 0.2) is 32.5 Å². The van der Waals surface area contributed by atoms with Crippen molar-refractivity contribution in [1.82, 2.24) is 9.21 Å². The van der Waals surface area contributed by atoms with Crippen molar-refractivity contribution in [2.75, 3.05) is 40.4 Å². The first kappa shape index (κ1) is 23.9. The van der Waals surface area contributed by atoms with Crippen LogP contribution in [0.4, 0.5) is 0 Å². The van der Waals surface area contributed by atoms with Gasteiger partial charge in [-0.3, -0.25) is 4.79 Å². The van der Waals surface area contributed by atoms with Gasteiger partial charge >= 0.3 is 5.97 Å². The average molecular weight is 511 g/mol. The maximum atomic E-state index is 13.4. The first-order valence-electron chi connectivity index (χ1n) is 10.5. The predicted octanol–water partition coefficient (Wildman–Crippen LogP) is 3.32. The van der Waals surface area contributed by atoms with Gasteiger partial charge in [0.25, 0.3) is 10.0 Å². The number of carbonyl (C=O) groups is 2. The number of esters is 1. The Labute approximate surface area is 201 Å². The fraction of sp³-hybridized carbons (Fsp3) is 0.455. The lowest BCUT2D eigenvalue weighted by Gasteiger charge is -2.38. The molecule has 2 aliphatic heterocycles. The number of hydrogen-bond donors (Lipinski definition) is 0. The summed E-state index contributed by atoms with van der Waals surface area (Å²) in [6, 6.07) is 1.96. The van der Waals surface area contributed by atoms with E-state index in [1.54, 1.807) is 17.4 Å². The Balaban J connectivity index is 1.42. The number of thiophene rings is 2. The number of nitrogens with zero attached hydrogens (tertiary/aromatic N) is 2. The minimum Gasteiger partial charge on any atom is -0.494 e. The predicted molar refractivity (Wildman–Crippen MR) is 127 cm³/mol. The van der Waals surface area contributed by atoms with Gasteiger partial charge < -0.3 is 14.4 Å². The summed E-state index contributed by atoms with van der Waals surface area (Å²) in [4.78, 5) is 26.3. The van der Waals surface area contributed by atoms with Crippen LogP contribution in [-0.4, -0.2) is 69.9 Å². The molecule has 1 amide bonds. The second kappa shape index (κ2) is 9.57. The molecule has 0 atom stereocenters. The van der Waals surface area contributed by atoms with E-state index in [-0.39, 0.29) is 26.8 Å². The molecule has 1 spiro atoms. The lowest BCUT2D eigenvalue weighted by atomic mass is 9.78. The van der Waals surface area contributed by atoms with Crippen LogP contribution < -0.4 is 4.74 Å². The van der Waals surface area contributed by atoms with E-state index in [9.17, 15) is 18.0 Å². The Bertz CT molecular complexity index is 1140. The minimum atomic E-state index is -3.81. The Kier molecular flexibility index (Phi) is 6.94. The number of ether oxygens (including phenoxy) is 2. The van der Waals surface area contributed by atoms with Crippen LogP contribution in [0.3, 0.4) is 0 Å². The van der Waals surface area contributed by atoms with Gasteiger partial charge in [-0.05, 0) is 53.1 Å². The molecule has 11 heteroatoms. The van der Waals surface area contributed by atoms with E-state index in [0.29, 0.717) is 26.2 Å². The second-order valence-electron chi connectivity index (χ2n) is 8.27. The lowest BCUT2D eigenvalue weighted by molar-refractivity contribution is -0.128. The number of piperidine rings is 1. The lowest BCUT2D eigenvalue weighted by Crippen LogP contribution is -2.44. The molecular formula is C22H26N2O6S3. The minimum absolute atomic E-state index is 0.0165. The Morgan fingerprint density at radius 1 is 1.12 bits per heavy atom. The number of sulfonamides is 1. The van der Waals surface area contributed by atoms with Gasteiger partial charge in [-0.2, -0.15) is 15.6 Å². The summed E-state index contributed by atoms with van der Waals surface area (Å²) in [5.74, 6) is -0.615. The molecular weight excluding hydrogens is 484 g/mol. The molecule has 0 aromatic carbocycles. The van der Waals surface area contributed by atoms with E-state index in [1.807, 2.05) is 27.8 Å². The van der Waals surface area contributed by atoms with Crippen molar-refractivity contribution < 1.29 is 27.5 Å². The molecule has 2 aromatic rings. The third kappa shape index (κ3) is 4.72. The number of hydrogen-bond acceptors (Lipinski definition) is 8. The van der Waals surface area contributed by atoms with Crippen LogP contribution >= 0.6 is 22.7 Å². The zero-order valence-electron chi connectivity index (χ0n) is 18.5. The number of amides is 1. The smallest absolute Gasteiger partial charge is 0.342 e. The van der Waals surface area contributed by atoms with Crippen molar-refractivity contribution >= 4 is 50.6 Å². The van der Waals surface area contributed by atoms with Crippen molar-refractivity contribution in [2.24, 2.45) is 5.41 Å². The Morgan fingerprint density at radius 3 is 2.48 bits per heavy atom. The molecule has 2 aliphatic rings. The highest BCUT2D eigenvalue weighted by Gasteiger charge is 2.46. The summed E-state index contributed by atoms with van der Waals surface area (Å²) < 4.78 is 38.2. The van der Waals surface area contributed by atoms with Gasteiger partial charge in [0.2, 0.25) is 5.91 Å². The SMILES string of the molecule is COC(=O)c1csc(S(=O)(=O)N2CCC3(CCN(C(=O)/C=C/c4ccsc4)CC3)C2)c1OC. The van der Waals surface area contributed by atoms with Crippen molar-refractivity contribution in [2.45, 2.75) is 23.5 Å². The molecule has 0 N–H and O–H groups in total. The van der Waals surface area contributed by atoms with Gasteiger partial charge in [-0.1, -0.05) is 0 Å². The van der Waals surface area contributed by atoms with Crippen LogP contribution in [0.1, 0.15) is 35.2 Å². The Morgan fingerprint density at radius 2 is 1.85 bits per heavy atom. The standard InChI is InChI=1S/C22H26N2O6S3/c1-29-19-17(20(26)30-2)14-32-21(19)33(27,28)24-11-8-22(15-24)6-9-23(10-7-22)18(25)4-3-16-5-12-31-13-16/h3-5,12-14H,6-11,15H2,1-2H3/b4-3+. The summed E-state index contributed by atoms with van der Waals surface area (Å²) in [7, 11) is -1.22.